The molecular formula is C12H15N5S. The summed E-state index contributed by atoms with van der Waals surface area (Å²) in [6.45, 7) is 5.28. The Labute approximate surface area is 110 Å². The molecule has 0 radical (unpaired) electrons. The van der Waals surface area contributed by atoms with Crippen molar-refractivity contribution in [1.29, 1.82) is 0 Å². The summed E-state index contributed by atoms with van der Waals surface area (Å²) in [6.07, 6.45) is 5.13. The van der Waals surface area contributed by atoms with E-state index in [1.165, 1.54) is 0 Å². The lowest BCUT2D eigenvalue weighted by Gasteiger charge is -2.26. The number of nitrogens with one attached hydrogen (secondary N) is 1. The molecule has 0 saturated carbocycles. The lowest BCUT2D eigenvalue weighted by Crippen LogP contribution is -2.42. The fourth-order valence-electron chi connectivity index (χ4n) is 1.99. The standard InChI is InChI=1S/C12H15N5S/c1-2-15-10(7-14-1)11-9-18-12(16-11)8-17-5-3-13-4-6-17/h1-2,7,9,13H,3-6,8H2. The zero-order valence-electron chi connectivity index (χ0n) is 10.0. The summed E-state index contributed by atoms with van der Waals surface area (Å²) in [5.74, 6) is 0. The fraction of sp³-hybridized carbons (Fsp3) is 0.417. The second kappa shape index (κ2) is 5.51. The van der Waals surface area contributed by atoms with Gasteiger partial charge in [-0.3, -0.25) is 14.9 Å². The minimum atomic E-state index is 0.848. The van der Waals surface area contributed by atoms with E-state index >= 15 is 0 Å². The molecule has 6 heteroatoms. The van der Waals surface area contributed by atoms with E-state index in [9.17, 15) is 0 Å². The van der Waals surface area contributed by atoms with Gasteiger partial charge in [-0.1, -0.05) is 0 Å². The van der Waals surface area contributed by atoms with Gasteiger partial charge in [-0.2, -0.15) is 0 Å². The molecule has 0 aliphatic carbocycles. The molecule has 0 unspecified atom stereocenters. The molecule has 3 heterocycles. The van der Waals surface area contributed by atoms with Gasteiger partial charge in [0.1, 0.15) is 16.4 Å². The molecule has 0 aromatic carbocycles. The lowest BCUT2D eigenvalue weighted by atomic mass is 10.3. The lowest BCUT2D eigenvalue weighted by molar-refractivity contribution is 0.233. The Balaban J connectivity index is 1.69. The molecule has 2 aromatic heterocycles. The molecule has 1 aliphatic heterocycles. The van der Waals surface area contributed by atoms with Crippen molar-refractivity contribution >= 4 is 11.3 Å². The van der Waals surface area contributed by atoms with Crippen LogP contribution in [0, 0.1) is 0 Å². The Morgan fingerprint density at radius 2 is 2.11 bits per heavy atom. The van der Waals surface area contributed by atoms with Crippen LogP contribution in [0.3, 0.4) is 0 Å². The summed E-state index contributed by atoms with van der Waals surface area (Å²) in [5, 5.41) is 6.56. The fourth-order valence-corrected chi connectivity index (χ4v) is 2.82. The molecule has 18 heavy (non-hydrogen) atoms. The second-order valence-electron chi connectivity index (χ2n) is 4.24. The first kappa shape index (κ1) is 11.7. The van der Waals surface area contributed by atoms with E-state index in [-0.39, 0.29) is 0 Å². The monoisotopic (exact) mass is 261 g/mol. The first-order valence-electron chi connectivity index (χ1n) is 6.06. The van der Waals surface area contributed by atoms with Crippen LogP contribution >= 0.6 is 11.3 Å². The zero-order valence-corrected chi connectivity index (χ0v) is 10.9. The van der Waals surface area contributed by atoms with Gasteiger partial charge in [0, 0.05) is 44.0 Å². The Morgan fingerprint density at radius 3 is 2.89 bits per heavy atom. The third-order valence-corrected chi connectivity index (χ3v) is 3.78. The Morgan fingerprint density at radius 1 is 1.22 bits per heavy atom. The number of aromatic nitrogens is 3. The highest BCUT2D eigenvalue weighted by molar-refractivity contribution is 7.09. The minimum Gasteiger partial charge on any atom is -0.314 e. The highest BCUT2D eigenvalue weighted by Gasteiger charge is 2.12. The Bertz CT molecular complexity index is 492. The minimum absolute atomic E-state index is 0.848. The quantitative estimate of drug-likeness (QED) is 0.893. The van der Waals surface area contributed by atoms with Crippen LogP contribution in [0.25, 0.3) is 11.4 Å². The van der Waals surface area contributed by atoms with Crippen LogP contribution in [0.15, 0.2) is 24.0 Å². The van der Waals surface area contributed by atoms with Gasteiger partial charge in [0.15, 0.2) is 0 Å². The van der Waals surface area contributed by atoms with E-state index in [0.717, 1.165) is 49.1 Å². The van der Waals surface area contributed by atoms with Crippen LogP contribution in [0.2, 0.25) is 0 Å². The molecule has 1 aliphatic rings. The summed E-state index contributed by atoms with van der Waals surface area (Å²) in [4.78, 5) is 15.4. The molecule has 1 saturated heterocycles. The summed E-state index contributed by atoms with van der Waals surface area (Å²) in [7, 11) is 0. The van der Waals surface area contributed by atoms with Crippen LogP contribution in [-0.2, 0) is 6.54 Å². The molecule has 0 spiro atoms. The molecule has 0 atom stereocenters. The van der Waals surface area contributed by atoms with Gasteiger partial charge in [-0.15, -0.1) is 11.3 Å². The van der Waals surface area contributed by atoms with Crippen molar-refractivity contribution in [1.82, 2.24) is 25.2 Å². The first-order valence-corrected chi connectivity index (χ1v) is 6.93. The van der Waals surface area contributed by atoms with Crippen LogP contribution < -0.4 is 5.32 Å². The number of hydrogen-bond donors (Lipinski definition) is 1. The average molecular weight is 261 g/mol. The SMILES string of the molecule is c1cnc(-c2csc(CN3CCNCC3)n2)cn1. The maximum absolute atomic E-state index is 4.63. The van der Waals surface area contributed by atoms with E-state index in [0.29, 0.717) is 0 Å². The van der Waals surface area contributed by atoms with Crippen molar-refractivity contribution in [2.75, 3.05) is 26.2 Å². The highest BCUT2D eigenvalue weighted by Crippen LogP contribution is 2.20. The summed E-state index contributed by atoms with van der Waals surface area (Å²) in [6, 6.07) is 0. The molecule has 3 rings (SSSR count). The third kappa shape index (κ3) is 2.72. The van der Waals surface area contributed by atoms with Crippen molar-refractivity contribution in [2.24, 2.45) is 0 Å². The number of nitrogens with zero attached hydrogens (tertiary/aromatic N) is 4. The van der Waals surface area contributed by atoms with Gasteiger partial charge in [-0.05, 0) is 0 Å². The van der Waals surface area contributed by atoms with E-state index in [1.54, 1.807) is 29.9 Å². The molecule has 1 N–H and O–H groups in total. The second-order valence-corrected chi connectivity index (χ2v) is 5.19. The smallest absolute Gasteiger partial charge is 0.108 e. The van der Waals surface area contributed by atoms with E-state index < -0.39 is 0 Å². The summed E-state index contributed by atoms with van der Waals surface area (Å²) < 4.78 is 0. The number of thiazole rings is 1. The number of piperazine rings is 1. The molecule has 0 bridgehead atoms. The average Bonchev–Trinajstić information content (AvgIpc) is 2.89. The van der Waals surface area contributed by atoms with E-state index in [4.69, 9.17) is 0 Å². The van der Waals surface area contributed by atoms with Crippen molar-refractivity contribution in [3.05, 3.63) is 29.0 Å². The zero-order chi connectivity index (χ0) is 12.2. The van der Waals surface area contributed by atoms with E-state index in [2.05, 4.69) is 30.5 Å². The van der Waals surface area contributed by atoms with E-state index in [1.807, 2.05) is 0 Å². The van der Waals surface area contributed by atoms with Gasteiger partial charge in [-0.25, -0.2) is 4.98 Å². The maximum Gasteiger partial charge on any atom is 0.108 e. The molecule has 5 nitrogen and oxygen atoms in total. The van der Waals surface area contributed by atoms with Gasteiger partial charge in [0.05, 0.1) is 12.7 Å². The van der Waals surface area contributed by atoms with Crippen molar-refractivity contribution in [2.45, 2.75) is 6.54 Å². The third-order valence-electron chi connectivity index (χ3n) is 2.95. The van der Waals surface area contributed by atoms with Gasteiger partial charge < -0.3 is 5.32 Å². The van der Waals surface area contributed by atoms with Crippen molar-refractivity contribution in [3.63, 3.8) is 0 Å². The molecule has 0 amide bonds. The highest BCUT2D eigenvalue weighted by atomic mass is 32.1. The molecule has 94 valence electrons. The van der Waals surface area contributed by atoms with Crippen LogP contribution in [-0.4, -0.2) is 46.0 Å². The molecular weight excluding hydrogens is 246 g/mol. The first-order chi connectivity index (χ1) is 8.92. The number of rotatable bonds is 3. The predicted molar refractivity (Wildman–Crippen MR) is 71.3 cm³/mol. The topological polar surface area (TPSA) is 53.9 Å². The summed E-state index contributed by atoms with van der Waals surface area (Å²) in [5.41, 5.74) is 1.78. The van der Waals surface area contributed by atoms with Crippen LogP contribution in [0.4, 0.5) is 0 Å². The van der Waals surface area contributed by atoms with Gasteiger partial charge in [0.25, 0.3) is 0 Å². The largest absolute Gasteiger partial charge is 0.314 e. The molecule has 1 fully saturated rings. The van der Waals surface area contributed by atoms with Crippen molar-refractivity contribution in [3.8, 4) is 11.4 Å². The normalized spacial score (nSPS) is 16.9. The van der Waals surface area contributed by atoms with Gasteiger partial charge >= 0.3 is 0 Å². The maximum atomic E-state index is 4.63. The van der Waals surface area contributed by atoms with Gasteiger partial charge in [0.2, 0.25) is 0 Å². The van der Waals surface area contributed by atoms with Crippen LogP contribution in [0.5, 0.6) is 0 Å². The number of hydrogen-bond acceptors (Lipinski definition) is 6. The summed E-state index contributed by atoms with van der Waals surface area (Å²) >= 11 is 1.70. The van der Waals surface area contributed by atoms with Crippen LogP contribution in [0.1, 0.15) is 5.01 Å². The Kier molecular flexibility index (Phi) is 3.59. The van der Waals surface area contributed by atoms with Crippen molar-refractivity contribution < 1.29 is 0 Å². The Hall–Kier alpha value is -1.37. The predicted octanol–water partition coefficient (Wildman–Crippen LogP) is 1.01. The molecule has 2 aromatic rings.